The molecule has 0 bridgehead atoms. The molecular weight excluding hydrogens is 273 g/mol. The second-order valence-electron chi connectivity index (χ2n) is 3.29. The second-order valence-corrected chi connectivity index (χ2v) is 5.94. The van der Waals surface area contributed by atoms with Crippen molar-refractivity contribution < 1.29 is 13.3 Å². The Morgan fingerprint density at radius 3 is 2.56 bits per heavy atom. The van der Waals surface area contributed by atoms with Gasteiger partial charge in [0.1, 0.15) is 0 Å². The van der Waals surface area contributed by atoms with Crippen LogP contribution in [0.4, 0.5) is 0 Å². The zero-order chi connectivity index (χ0) is 11.8. The number of hydroxylamine groups is 1. The molecule has 0 spiro atoms. The number of nitrogens with zero attached hydrogens (tertiary/aromatic N) is 1. The summed E-state index contributed by atoms with van der Waals surface area (Å²) in [6.07, 6.45) is 0.695. The number of benzene rings is 1. The first-order valence-electron chi connectivity index (χ1n) is 4.62. The molecule has 0 saturated carbocycles. The fourth-order valence-electron chi connectivity index (χ4n) is 1.37. The van der Waals surface area contributed by atoms with Gasteiger partial charge in [-0.25, -0.2) is 8.42 Å². The summed E-state index contributed by atoms with van der Waals surface area (Å²) in [7, 11) is -3.61. The summed E-state index contributed by atoms with van der Waals surface area (Å²) in [5.74, 6) is 0. The van der Waals surface area contributed by atoms with Gasteiger partial charge < -0.3 is 0 Å². The quantitative estimate of drug-likeness (QED) is 0.836. The third kappa shape index (κ3) is 2.19. The highest BCUT2D eigenvalue weighted by atomic mass is 35.5. The van der Waals surface area contributed by atoms with Crippen LogP contribution in [0.25, 0.3) is 0 Å². The van der Waals surface area contributed by atoms with Crippen molar-refractivity contribution in [2.45, 2.75) is 11.3 Å². The Bertz CT molecular complexity index is 497. The maximum atomic E-state index is 12.0. The normalized spacial score (nSPS) is 17.9. The number of halogens is 2. The zero-order valence-corrected chi connectivity index (χ0v) is 10.5. The van der Waals surface area contributed by atoms with Gasteiger partial charge in [0.15, 0.2) is 0 Å². The lowest BCUT2D eigenvalue weighted by molar-refractivity contribution is -0.0284. The predicted octanol–water partition coefficient (Wildman–Crippen LogP) is 2.32. The Kier molecular flexibility index (Phi) is 3.42. The minimum absolute atomic E-state index is 0.0869. The van der Waals surface area contributed by atoms with Crippen molar-refractivity contribution in [1.29, 1.82) is 0 Å². The molecule has 1 fully saturated rings. The molecule has 0 atom stereocenters. The van der Waals surface area contributed by atoms with E-state index in [0.717, 1.165) is 4.47 Å². The summed E-state index contributed by atoms with van der Waals surface area (Å²) in [6.45, 7) is 0.781. The van der Waals surface area contributed by atoms with Crippen molar-refractivity contribution in [1.82, 2.24) is 4.47 Å². The van der Waals surface area contributed by atoms with Gasteiger partial charge in [-0.05, 0) is 24.6 Å². The highest BCUT2D eigenvalue weighted by Gasteiger charge is 2.28. The molecule has 1 aliphatic heterocycles. The van der Waals surface area contributed by atoms with Gasteiger partial charge in [-0.1, -0.05) is 27.7 Å². The van der Waals surface area contributed by atoms with E-state index in [9.17, 15) is 8.42 Å². The second kappa shape index (κ2) is 4.50. The summed E-state index contributed by atoms with van der Waals surface area (Å²) < 4.78 is 25.0. The smallest absolute Gasteiger partial charge is 0.265 e. The van der Waals surface area contributed by atoms with E-state index < -0.39 is 10.0 Å². The van der Waals surface area contributed by atoms with Crippen LogP contribution in [-0.2, 0) is 14.9 Å². The summed E-state index contributed by atoms with van der Waals surface area (Å²) in [4.78, 5) is 5.10. The molecule has 2 rings (SSSR count). The molecule has 0 aliphatic carbocycles. The van der Waals surface area contributed by atoms with Gasteiger partial charge in [0, 0.05) is 6.54 Å². The zero-order valence-electron chi connectivity index (χ0n) is 8.19. The largest absolute Gasteiger partial charge is 0.284 e. The van der Waals surface area contributed by atoms with Crippen molar-refractivity contribution in [3.63, 3.8) is 0 Å². The Hall–Kier alpha value is -0.330. The molecule has 88 valence electrons. The van der Waals surface area contributed by atoms with Crippen LogP contribution < -0.4 is 0 Å². The monoisotopic (exact) mass is 281 g/mol. The third-order valence-electron chi connectivity index (χ3n) is 2.18. The molecular formula is C9H9Cl2NO3S. The molecule has 7 heteroatoms. The van der Waals surface area contributed by atoms with E-state index in [2.05, 4.69) is 0 Å². The highest BCUT2D eigenvalue weighted by molar-refractivity contribution is 7.89. The Morgan fingerprint density at radius 2 is 2.00 bits per heavy atom. The first-order chi connectivity index (χ1) is 7.51. The van der Waals surface area contributed by atoms with Crippen molar-refractivity contribution in [3.8, 4) is 0 Å². The molecule has 16 heavy (non-hydrogen) atoms. The number of rotatable bonds is 2. The van der Waals surface area contributed by atoms with Gasteiger partial charge >= 0.3 is 0 Å². The van der Waals surface area contributed by atoms with Crippen LogP contribution in [0.3, 0.4) is 0 Å². The molecule has 1 heterocycles. The van der Waals surface area contributed by atoms with Gasteiger partial charge in [-0.3, -0.25) is 4.84 Å². The van der Waals surface area contributed by atoms with Crippen LogP contribution in [0, 0.1) is 0 Å². The van der Waals surface area contributed by atoms with E-state index in [1.165, 1.54) is 18.2 Å². The van der Waals surface area contributed by atoms with Crippen LogP contribution in [-0.4, -0.2) is 26.0 Å². The van der Waals surface area contributed by atoms with Crippen LogP contribution in [0.2, 0.25) is 10.0 Å². The van der Waals surface area contributed by atoms with Crippen molar-refractivity contribution in [2.24, 2.45) is 0 Å². The minimum Gasteiger partial charge on any atom is -0.284 e. The Morgan fingerprint density at radius 1 is 1.25 bits per heavy atom. The minimum atomic E-state index is -3.61. The highest BCUT2D eigenvalue weighted by Crippen LogP contribution is 2.27. The van der Waals surface area contributed by atoms with Gasteiger partial charge in [-0.2, -0.15) is 0 Å². The molecule has 1 aliphatic rings. The summed E-state index contributed by atoms with van der Waals surface area (Å²) in [5, 5.41) is 0.532. The van der Waals surface area contributed by atoms with Crippen LogP contribution in [0.1, 0.15) is 6.42 Å². The van der Waals surface area contributed by atoms with Crippen LogP contribution in [0.5, 0.6) is 0 Å². The van der Waals surface area contributed by atoms with Crippen molar-refractivity contribution in [3.05, 3.63) is 28.2 Å². The molecule has 0 N–H and O–H groups in total. The van der Waals surface area contributed by atoms with E-state index in [1.54, 1.807) is 0 Å². The van der Waals surface area contributed by atoms with Crippen LogP contribution >= 0.6 is 23.2 Å². The lowest BCUT2D eigenvalue weighted by Gasteiger charge is -2.14. The van der Waals surface area contributed by atoms with Crippen molar-refractivity contribution in [2.75, 3.05) is 13.2 Å². The fourth-order valence-corrected chi connectivity index (χ4v) is 3.06. The van der Waals surface area contributed by atoms with Gasteiger partial charge in [-0.15, -0.1) is 0 Å². The average Bonchev–Trinajstić information content (AvgIpc) is 2.75. The Labute approximate surface area is 104 Å². The maximum Gasteiger partial charge on any atom is 0.265 e. The molecule has 4 nitrogen and oxygen atoms in total. The number of hydrogen-bond acceptors (Lipinski definition) is 3. The molecule has 0 radical (unpaired) electrons. The first-order valence-corrected chi connectivity index (χ1v) is 6.82. The Balaban J connectivity index is 2.39. The van der Waals surface area contributed by atoms with E-state index in [-0.39, 0.29) is 9.92 Å². The molecule has 0 amide bonds. The van der Waals surface area contributed by atoms with E-state index in [0.29, 0.717) is 24.6 Å². The van der Waals surface area contributed by atoms with Gasteiger partial charge in [0.2, 0.25) is 0 Å². The predicted molar refractivity (Wildman–Crippen MR) is 60.9 cm³/mol. The molecule has 0 aromatic heterocycles. The summed E-state index contributed by atoms with van der Waals surface area (Å²) in [6, 6.07) is 4.18. The van der Waals surface area contributed by atoms with Crippen LogP contribution in [0.15, 0.2) is 23.1 Å². The van der Waals surface area contributed by atoms with E-state index >= 15 is 0 Å². The fraction of sp³-hybridized carbons (Fsp3) is 0.333. The lowest BCUT2D eigenvalue weighted by Crippen LogP contribution is -2.26. The third-order valence-corrected chi connectivity index (χ3v) is 4.59. The van der Waals surface area contributed by atoms with Gasteiger partial charge in [0.25, 0.3) is 10.0 Å². The van der Waals surface area contributed by atoms with E-state index in [1.807, 2.05) is 0 Å². The van der Waals surface area contributed by atoms with Gasteiger partial charge in [0.05, 0.1) is 21.5 Å². The standard InChI is InChI=1S/C9H9Cl2NO3S/c10-8-3-2-7(6-9(8)11)16(13,14)12-4-1-5-15-12/h2-3,6H,1,4-5H2. The number of hydrogen-bond donors (Lipinski definition) is 0. The lowest BCUT2D eigenvalue weighted by atomic mass is 10.4. The summed E-state index contributed by atoms with van der Waals surface area (Å²) in [5.41, 5.74) is 0. The molecule has 0 unspecified atom stereocenters. The topological polar surface area (TPSA) is 46.6 Å². The summed E-state index contributed by atoms with van der Waals surface area (Å²) >= 11 is 11.5. The molecule has 1 saturated heterocycles. The number of sulfonamides is 1. The first kappa shape index (κ1) is 12.1. The SMILES string of the molecule is O=S(=O)(c1ccc(Cl)c(Cl)c1)N1CCCO1. The average molecular weight is 282 g/mol. The van der Waals surface area contributed by atoms with E-state index in [4.69, 9.17) is 28.0 Å². The molecule has 1 aromatic carbocycles. The molecule has 1 aromatic rings. The maximum absolute atomic E-state index is 12.0. The van der Waals surface area contributed by atoms with Crippen molar-refractivity contribution >= 4 is 33.2 Å².